The molecule has 0 spiro atoms. The van der Waals surface area contributed by atoms with Gasteiger partial charge in [-0.05, 0) is 31.9 Å². The fourth-order valence-electron chi connectivity index (χ4n) is 1.84. The van der Waals surface area contributed by atoms with E-state index in [1.165, 1.54) is 0 Å². The summed E-state index contributed by atoms with van der Waals surface area (Å²) in [7, 11) is 1.64. The van der Waals surface area contributed by atoms with Crippen molar-refractivity contribution in [1.29, 1.82) is 0 Å². The van der Waals surface area contributed by atoms with Crippen LogP contribution in [0.4, 0.5) is 0 Å². The fourth-order valence-corrected chi connectivity index (χ4v) is 2.07. The highest BCUT2D eigenvalue weighted by Gasteiger charge is 2.21. The molecule has 0 heterocycles. The number of benzene rings is 1. The molecule has 0 aliphatic carbocycles. The maximum atomic E-state index is 9.09. The molecule has 0 aromatic heterocycles. The van der Waals surface area contributed by atoms with E-state index in [1.54, 1.807) is 7.11 Å². The molecule has 0 aliphatic rings. The lowest BCUT2D eigenvalue weighted by atomic mass is 9.94. The second-order valence-electron chi connectivity index (χ2n) is 4.66. The van der Waals surface area contributed by atoms with E-state index in [0.29, 0.717) is 11.6 Å². The molecule has 1 atom stereocenters. The van der Waals surface area contributed by atoms with Gasteiger partial charge in [0.15, 0.2) is 0 Å². The van der Waals surface area contributed by atoms with Crippen molar-refractivity contribution in [2.24, 2.45) is 0 Å². The number of methoxy groups -OCH3 is 1. The van der Waals surface area contributed by atoms with Crippen LogP contribution in [0.15, 0.2) is 18.2 Å². The highest BCUT2D eigenvalue weighted by molar-refractivity contribution is 6.31. The Balaban J connectivity index is 2.79. The minimum Gasteiger partial charge on any atom is -0.496 e. The molecule has 2 N–H and O–H groups in total. The molecule has 0 saturated carbocycles. The fraction of sp³-hybridized carbons (Fsp3) is 0.571. The molecular weight excluding hydrogens is 250 g/mol. The molecule has 0 bridgehead atoms. The summed E-state index contributed by atoms with van der Waals surface area (Å²) in [5.74, 6) is 0.789. The topological polar surface area (TPSA) is 41.5 Å². The Labute approximate surface area is 114 Å². The van der Waals surface area contributed by atoms with E-state index < -0.39 is 0 Å². The van der Waals surface area contributed by atoms with Crippen molar-refractivity contribution in [2.45, 2.75) is 38.8 Å². The van der Waals surface area contributed by atoms with Crippen molar-refractivity contribution in [3.8, 4) is 5.75 Å². The summed E-state index contributed by atoms with van der Waals surface area (Å²) in [4.78, 5) is 0. The van der Waals surface area contributed by atoms with Gasteiger partial charge in [-0.3, -0.25) is 0 Å². The lowest BCUT2D eigenvalue weighted by Gasteiger charge is -2.29. The van der Waals surface area contributed by atoms with Crippen molar-refractivity contribution in [3.63, 3.8) is 0 Å². The van der Waals surface area contributed by atoms with Crippen LogP contribution in [0.2, 0.25) is 5.02 Å². The highest BCUT2D eigenvalue weighted by Crippen LogP contribution is 2.27. The predicted octanol–water partition coefficient (Wildman–Crippen LogP) is 2.99. The molecule has 18 heavy (non-hydrogen) atoms. The van der Waals surface area contributed by atoms with Gasteiger partial charge in [0.25, 0.3) is 0 Å². The molecule has 102 valence electrons. The van der Waals surface area contributed by atoms with E-state index in [4.69, 9.17) is 21.4 Å². The zero-order valence-corrected chi connectivity index (χ0v) is 12.0. The molecule has 0 amide bonds. The smallest absolute Gasteiger partial charge is 0.124 e. The number of ether oxygens (including phenoxy) is 1. The van der Waals surface area contributed by atoms with E-state index in [1.807, 2.05) is 18.2 Å². The molecule has 0 fully saturated rings. The van der Waals surface area contributed by atoms with Gasteiger partial charge in [0.2, 0.25) is 0 Å². The first-order valence-corrected chi connectivity index (χ1v) is 6.61. The van der Waals surface area contributed by atoms with Gasteiger partial charge in [-0.1, -0.05) is 24.6 Å². The minimum atomic E-state index is -0.0844. The van der Waals surface area contributed by atoms with Gasteiger partial charge in [-0.2, -0.15) is 0 Å². The number of aliphatic hydroxyl groups excluding tert-OH is 1. The minimum absolute atomic E-state index is 0.0844. The Morgan fingerprint density at radius 2 is 2.17 bits per heavy atom. The van der Waals surface area contributed by atoms with E-state index in [2.05, 4.69) is 19.2 Å². The van der Waals surface area contributed by atoms with Crippen LogP contribution in [0.25, 0.3) is 0 Å². The summed E-state index contributed by atoms with van der Waals surface area (Å²) < 4.78 is 5.31. The lowest BCUT2D eigenvalue weighted by Crippen LogP contribution is -2.42. The largest absolute Gasteiger partial charge is 0.496 e. The summed E-state index contributed by atoms with van der Waals surface area (Å²) in [6.07, 6.45) is 1.66. The highest BCUT2D eigenvalue weighted by atomic mass is 35.5. The Hall–Kier alpha value is -0.770. The third-order valence-corrected chi connectivity index (χ3v) is 3.79. The molecule has 1 unspecified atom stereocenters. The standard InChI is InChI=1S/C14H22ClNO2/c1-4-14(2,8-9-17)16-10-11-12(15)6-5-7-13(11)18-3/h5-7,16-17H,4,8-10H2,1-3H3. The first-order chi connectivity index (χ1) is 8.56. The van der Waals surface area contributed by atoms with Crippen molar-refractivity contribution in [2.75, 3.05) is 13.7 Å². The number of hydrogen-bond donors (Lipinski definition) is 2. The number of hydrogen-bond acceptors (Lipinski definition) is 3. The third kappa shape index (κ3) is 3.87. The molecule has 1 rings (SSSR count). The lowest BCUT2D eigenvalue weighted by molar-refractivity contribution is 0.214. The van der Waals surface area contributed by atoms with Crippen LogP contribution in [-0.2, 0) is 6.54 Å². The van der Waals surface area contributed by atoms with Gasteiger partial charge in [0.05, 0.1) is 7.11 Å². The van der Waals surface area contributed by atoms with Gasteiger partial charge in [0.1, 0.15) is 5.75 Å². The number of rotatable bonds is 7. The second-order valence-corrected chi connectivity index (χ2v) is 5.07. The quantitative estimate of drug-likeness (QED) is 0.801. The van der Waals surface area contributed by atoms with Crippen LogP contribution >= 0.6 is 11.6 Å². The van der Waals surface area contributed by atoms with Gasteiger partial charge >= 0.3 is 0 Å². The van der Waals surface area contributed by atoms with Crippen molar-refractivity contribution < 1.29 is 9.84 Å². The SMILES string of the molecule is CCC(C)(CCO)NCc1c(Cl)cccc1OC. The zero-order chi connectivity index (χ0) is 13.6. The normalized spacial score (nSPS) is 14.3. The van der Waals surface area contributed by atoms with Gasteiger partial charge < -0.3 is 15.2 Å². The first kappa shape index (κ1) is 15.3. The molecule has 4 heteroatoms. The van der Waals surface area contributed by atoms with Crippen LogP contribution in [0.1, 0.15) is 32.3 Å². The molecule has 0 saturated heterocycles. The summed E-state index contributed by atoms with van der Waals surface area (Å²) in [5.41, 5.74) is 0.873. The van der Waals surface area contributed by atoms with E-state index >= 15 is 0 Å². The Bertz CT molecular complexity index is 384. The average Bonchev–Trinajstić information content (AvgIpc) is 2.37. The molecule has 1 aromatic carbocycles. The van der Waals surface area contributed by atoms with Crippen LogP contribution in [0.5, 0.6) is 5.75 Å². The Morgan fingerprint density at radius 1 is 1.44 bits per heavy atom. The maximum absolute atomic E-state index is 9.09. The van der Waals surface area contributed by atoms with E-state index in [0.717, 1.165) is 24.2 Å². The van der Waals surface area contributed by atoms with Crippen LogP contribution in [-0.4, -0.2) is 24.4 Å². The maximum Gasteiger partial charge on any atom is 0.124 e. The first-order valence-electron chi connectivity index (χ1n) is 6.23. The van der Waals surface area contributed by atoms with Crippen molar-refractivity contribution in [1.82, 2.24) is 5.32 Å². The Morgan fingerprint density at radius 3 is 2.72 bits per heavy atom. The molecule has 0 aliphatic heterocycles. The summed E-state index contributed by atoms with van der Waals surface area (Å²) in [5, 5.41) is 13.2. The van der Waals surface area contributed by atoms with Crippen LogP contribution in [0, 0.1) is 0 Å². The van der Waals surface area contributed by atoms with Crippen LogP contribution in [0.3, 0.4) is 0 Å². The molecule has 0 radical (unpaired) electrons. The second kappa shape index (κ2) is 6.98. The summed E-state index contributed by atoms with van der Waals surface area (Å²) in [6, 6.07) is 5.63. The van der Waals surface area contributed by atoms with Crippen molar-refractivity contribution in [3.05, 3.63) is 28.8 Å². The van der Waals surface area contributed by atoms with Crippen molar-refractivity contribution >= 4 is 11.6 Å². The summed E-state index contributed by atoms with van der Waals surface area (Å²) >= 11 is 6.19. The number of nitrogens with one attached hydrogen (secondary N) is 1. The molecule has 1 aromatic rings. The molecular formula is C14H22ClNO2. The molecule has 3 nitrogen and oxygen atoms in total. The van der Waals surface area contributed by atoms with Gasteiger partial charge in [-0.25, -0.2) is 0 Å². The number of aliphatic hydroxyl groups is 1. The Kier molecular flexibility index (Phi) is 5.93. The van der Waals surface area contributed by atoms with E-state index in [-0.39, 0.29) is 12.1 Å². The zero-order valence-electron chi connectivity index (χ0n) is 11.3. The van der Waals surface area contributed by atoms with Crippen LogP contribution < -0.4 is 10.1 Å². The van der Waals surface area contributed by atoms with Gasteiger partial charge in [-0.15, -0.1) is 0 Å². The average molecular weight is 272 g/mol. The summed E-state index contributed by atoms with van der Waals surface area (Å²) in [6.45, 7) is 5.02. The predicted molar refractivity (Wildman–Crippen MR) is 75.2 cm³/mol. The third-order valence-electron chi connectivity index (χ3n) is 3.43. The van der Waals surface area contributed by atoms with E-state index in [9.17, 15) is 0 Å². The van der Waals surface area contributed by atoms with Gasteiger partial charge in [0, 0.05) is 29.3 Å². The number of halogens is 1. The monoisotopic (exact) mass is 271 g/mol.